The lowest BCUT2D eigenvalue weighted by Gasteiger charge is -2.26. The molecule has 2 aromatic carbocycles. The second kappa shape index (κ2) is 12.0. The molecule has 1 N–H and O–H groups in total. The molecule has 0 saturated heterocycles. The number of nitriles is 1. The van der Waals surface area contributed by atoms with Gasteiger partial charge in [0.1, 0.15) is 18.4 Å². The Morgan fingerprint density at radius 1 is 1.12 bits per heavy atom. The molecule has 3 aromatic rings. The molecule has 0 unspecified atom stereocenters. The van der Waals surface area contributed by atoms with Gasteiger partial charge in [-0.15, -0.1) is 0 Å². The highest BCUT2D eigenvalue weighted by Crippen LogP contribution is 2.38. The van der Waals surface area contributed by atoms with Crippen molar-refractivity contribution in [2.75, 3.05) is 5.43 Å². The number of hydrogen-bond donors (Lipinski definition) is 1. The minimum absolute atomic E-state index is 0.255. The predicted octanol–water partition coefficient (Wildman–Crippen LogP) is 7.04. The maximum atomic E-state index is 9.47. The summed E-state index contributed by atoms with van der Waals surface area (Å²) in [4.78, 5) is 4.44. The van der Waals surface area contributed by atoms with Crippen LogP contribution in [0.15, 0.2) is 64.1 Å². The first-order chi connectivity index (χ1) is 16.7. The number of hydrazone groups is 1. The van der Waals surface area contributed by atoms with Crippen molar-refractivity contribution in [1.82, 2.24) is 4.98 Å². The van der Waals surface area contributed by atoms with E-state index < -0.39 is 0 Å². The Morgan fingerprint density at radius 3 is 2.59 bits per heavy atom. The van der Waals surface area contributed by atoms with E-state index in [4.69, 9.17) is 9.15 Å². The molecule has 0 spiro atoms. The summed E-state index contributed by atoms with van der Waals surface area (Å²) in [5, 5.41) is 13.7. The molecular formula is C28H32N4O2. The third-order valence-electron chi connectivity index (χ3n) is 6.42. The molecule has 176 valence electrons. The third-order valence-corrected chi connectivity index (χ3v) is 6.42. The smallest absolute Gasteiger partial charge is 0.252 e. The van der Waals surface area contributed by atoms with Crippen molar-refractivity contribution in [3.8, 4) is 11.8 Å². The molecule has 0 atom stereocenters. The summed E-state index contributed by atoms with van der Waals surface area (Å²) in [6.07, 6.45) is 10.1. The van der Waals surface area contributed by atoms with Gasteiger partial charge in [-0.2, -0.15) is 10.4 Å². The lowest BCUT2D eigenvalue weighted by atomic mass is 9.80. The standard InChI is InChI=1S/C28H32N4O2/c1-2-3-7-21-10-14-24(15-11-21)27-31-26(18-29)28(34-27)32-30-19-22-12-16-25(17-13-22)33-20-23-8-5-4-6-9-23/h4-6,8-9,12-13,16-17,19,21,24,32H,2-3,7,10-11,14-15,20H2,1H3/b30-19+. The molecule has 1 saturated carbocycles. The molecular weight excluding hydrogens is 424 g/mol. The molecule has 6 heteroatoms. The van der Waals surface area contributed by atoms with Gasteiger partial charge in [-0.3, -0.25) is 0 Å². The summed E-state index contributed by atoms with van der Waals surface area (Å²) >= 11 is 0. The summed E-state index contributed by atoms with van der Waals surface area (Å²) in [6, 6.07) is 19.9. The van der Waals surface area contributed by atoms with E-state index in [0.717, 1.165) is 35.6 Å². The van der Waals surface area contributed by atoms with Crippen LogP contribution in [-0.4, -0.2) is 11.2 Å². The molecule has 34 heavy (non-hydrogen) atoms. The quantitative estimate of drug-likeness (QED) is 0.261. The fourth-order valence-corrected chi connectivity index (χ4v) is 4.41. The molecule has 0 amide bonds. The third kappa shape index (κ3) is 6.48. The van der Waals surface area contributed by atoms with Crippen LogP contribution in [0.3, 0.4) is 0 Å². The first kappa shape index (κ1) is 23.6. The average molecular weight is 457 g/mol. The van der Waals surface area contributed by atoms with E-state index in [0.29, 0.717) is 18.4 Å². The Labute approximate surface area is 201 Å². The van der Waals surface area contributed by atoms with Crippen molar-refractivity contribution < 1.29 is 9.15 Å². The number of rotatable bonds is 10. The maximum absolute atomic E-state index is 9.47. The number of unbranched alkanes of at least 4 members (excludes halogenated alkanes) is 1. The SMILES string of the molecule is CCCCC1CCC(c2nc(C#N)c(N/N=C/c3ccc(OCc4ccccc4)cc3)o2)CC1. The lowest BCUT2D eigenvalue weighted by molar-refractivity contribution is 0.278. The molecule has 4 rings (SSSR count). The second-order valence-corrected chi connectivity index (χ2v) is 8.91. The number of aromatic nitrogens is 1. The highest BCUT2D eigenvalue weighted by atomic mass is 16.5. The normalized spacial score (nSPS) is 18.0. The van der Waals surface area contributed by atoms with Crippen molar-refractivity contribution in [3.05, 3.63) is 77.3 Å². The van der Waals surface area contributed by atoms with Gasteiger partial charge in [-0.05, 0) is 67.0 Å². The first-order valence-corrected chi connectivity index (χ1v) is 12.2. The van der Waals surface area contributed by atoms with Crippen LogP contribution in [0.25, 0.3) is 0 Å². The zero-order valence-corrected chi connectivity index (χ0v) is 19.7. The van der Waals surface area contributed by atoms with Gasteiger partial charge < -0.3 is 9.15 Å². The first-order valence-electron chi connectivity index (χ1n) is 12.2. The Balaban J connectivity index is 1.29. The Hall–Kier alpha value is -3.59. The molecule has 0 bridgehead atoms. The van der Waals surface area contributed by atoms with E-state index in [1.807, 2.05) is 54.6 Å². The number of ether oxygens (including phenoxy) is 1. The van der Waals surface area contributed by atoms with E-state index in [9.17, 15) is 5.26 Å². The summed E-state index contributed by atoms with van der Waals surface area (Å²) < 4.78 is 11.7. The van der Waals surface area contributed by atoms with E-state index in [-0.39, 0.29) is 11.6 Å². The lowest BCUT2D eigenvalue weighted by Crippen LogP contribution is -2.13. The largest absolute Gasteiger partial charge is 0.489 e. The predicted molar refractivity (Wildman–Crippen MR) is 134 cm³/mol. The number of nitrogens with zero attached hydrogens (tertiary/aromatic N) is 3. The van der Waals surface area contributed by atoms with Crippen LogP contribution >= 0.6 is 0 Å². The zero-order chi connectivity index (χ0) is 23.6. The van der Waals surface area contributed by atoms with E-state index >= 15 is 0 Å². The number of anilines is 1. The van der Waals surface area contributed by atoms with Crippen LogP contribution in [0.2, 0.25) is 0 Å². The highest BCUT2D eigenvalue weighted by molar-refractivity contribution is 5.80. The Kier molecular flexibility index (Phi) is 8.34. The fraction of sp³-hybridized carbons (Fsp3) is 0.393. The van der Waals surface area contributed by atoms with Gasteiger partial charge in [-0.25, -0.2) is 10.4 Å². The van der Waals surface area contributed by atoms with Crippen LogP contribution in [0, 0.1) is 17.2 Å². The van der Waals surface area contributed by atoms with E-state index in [1.165, 1.54) is 32.1 Å². The number of benzene rings is 2. The van der Waals surface area contributed by atoms with Crippen LogP contribution < -0.4 is 10.2 Å². The fourth-order valence-electron chi connectivity index (χ4n) is 4.41. The monoisotopic (exact) mass is 456 g/mol. The van der Waals surface area contributed by atoms with Gasteiger partial charge in [0.05, 0.1) is 6.21 Å². The van der Waals surface area contributed by atoms with Crippen LogP contribution in [0.5, 0.6) is 5.75 Å². The molecule has 1 aliphatic rings. The van der Waals surface area contributed by atoms with Gasteiger partial charge in [0.2, 0.25) is 11.6 Å². The van der Waals surface area contributed by atoms with Crippen molar-refractivity contribution in [2.45, 2.75) is 64.4 Å². The van der Waals surface area contributed by atoms with E-state index in [1.54, 1.807) is 6.21 Å². The summed E-state index contributed by atoms with van der Waals surface area (Å²) in [5.41, 5.74) is 5.14. The van der Waals surface area contributed by atoms with Gasteiger partial charge in [0.25, 0.3) is 5.88 Å². The summed E-state index contributed by atoms with van der Waals surface area (Å²) in [5.74, 6) is 2.87. The Bertz CT molecular complexity index is 1090. The van der Waals surface area contributed by atoms with Crippen LogP contribution in [0.4, 0.5) is 5.88 Å². The molecule has 0 aliphatic heterocycles. The number of nitrogens with one attached hydrogen (secondary N) is 1. The minimum Gasteiger partial charge on any atom is -0.489 e. The van der Waals surface area contributed by atoms with Gasteiger partial charge in [-0.1, -0.05) is 56.5 Å². The second-order valence-electron chi connectivity index (χ2n) is 8.91. The van der Waals surface area contributed by atoms with Crippen molar-refractivity contribution in [2.24, 2.45) is 11.0 Å². The summed E-state index contributed by atoms with van der Waals surface area (Å²) in [6.45, 7) is 2.77. The van der Waals surface area contributed by atoms with Gasteiger partial charge >= 0.3 is 0 Å². The van der Waals surface area contributed by atoms with Gasteiger partial charge in [0, 0.05) is 5.92 Å². The van der Waals surface area contributed by atoms with E-state index in [2.05, 4.69) is 28.5 Å². The molecule has 1 heterocycles. The number of hydrogen-bond acceptors (Lipinski definition) is 6. The number of oxazole rings is 1. The zero-order valence-electron chi connectivity index (χ0n) is 19.7. The molecule has 0 radical (unpaired) electrons. The van der Waals surface area contributed by atoms with Crippen LogP contribution in [0.1, 0.15) is 80.5 Å². The molecule has 1 aliphatic carbocycles. The average Bonchev–Trinajstić information content (AvgIpc) is 3.31. The Morgan fingerprint density at radius 2 is 1.88 bits per heavy atom. The van der Waals surface area contributed by atoms with Crippen molar-refractivity contribution in [3.63, 3.8) is 0 Å². The molecule has 1 fully saturated rings. The van der Waals surface area contributed by atoms with Crippen molar-refractivity contribution >= 4 is 12.1 Å². The minimum atomic E-state index is 0.255. The maximum Gasteiger partial charge on any atom is 0.252 e. The molecule has 1 aromatic heterocycles. The van der Waals surface area contributed by atoms with Crippen LogP contribution in [-0.2, 0) is 6.61 Å². The molecule has 6 nitrogen and oxygen atoms in total. The van der Waals surface area contributed by atoms with Crippen molar-refractivity contribution in [1.29, 1.82) is 5.26 Å². The topological polar surface area (TPSA) is 83.4 Å². The summed E-state index contributed by atoms with van der Waals surface area (Å²) in [7, 11) is 0. The van der Waals surface area contributed by atoms with Gasteiger partial charge in [0.15, 0.2) is 0 Å². The highest BCUT2D eigenvalue weighted by Gasteiger charge is 2.27.